The van der Waals surface area contributed by atoms with Crippen LogP contribution in [-0.4, -0.2) is 18.4 Å². The van der Waals surface area contributed by atoms with Crippen molar-refractivity contribution in [1.29, 1.82) is 0 Å². The van der Waals surface area contributed by atoms with Gasteiger partial charge in [0.25, 0.3) is 0 Å². The zero-order valence-electron chi connectivity index (χ0n) is 18.0. The van der Waals surface area contributed by atoms with Crippen LogP contribution < -0.4 is 10.1 Å². The number of hydrogen-bond donors (Lipinski definition) is 2. The number of aliphatic imine (C=N–C) groups is 1. The standard InChI is InChI=1S/C27H25ClN2O2/c1-16-6-11-24-22(12-16)20-4-3-5-21(20)26(30-24)18-7-9-19(10-8-18)29-15-17-13-23(28)27(31)25(14-17)32-2/h3-4,6-15,20-21,26,30-31H,5H2,1-2H3/t20-,21-,26+/m1/s1. The number of aryl methyl sites for hydroxylation is 1. The van der Waals surface area contributed by atoms with Gasteiger partial charge in [-0.25, -0.2) is 0 Å². The molecule has 3 aromatic rings. The van der Waals surface area contributed by atoms with E-state index in [0.717, 1.165) is 17.7 Å². The molecule has 0 unspecified atom stereocenters. The summed E-state index contributed by atoms with van der Waals surface area (Å²) in [7, 11) is 1.49. The molecule has 32 heavy (non-hydrogen) atoms. The van der Waals surface area contributed by atoms with Crippen LogP contribution in [0.25, 0.3) is 0 Å². The molecule has 0 aromatic heterocycles. The van der Waals surface area contributed by atoms with Crippen molar-refractivity contribution in [3.05, 3.63) is 94.0 Å². The molecule has 2 aliphatic rings. The van der Waals surface area contributed by atoms with E-state index in [2.05, 4.69) is 59.7 Å². The van der Waals surface area contributed by atoms with E-state index in [1.807, 2.05) is 12.1 Å². The summed E-state index contributed by atoms with van der Waals surface area (Å²) in [6, 6.07) is 18.7. The van der Waals surface area contributed by atoms with E-state index in [9.17, 15) is 5.11 Å². The smallest absolute Gasteiger partial charge is 0.176 e. The van der Waals surface area contributed by atoms with Gasteiger partial charge in [0.1, 0.15) is 0 Å². The maximum atomic E-state index is 9.89. The van der Waals surface area contributed by atoms with E-state index in [1.165, 1.54) is 29.5 Å². The Kier molecular flexibility index (Phi) is 5.40. The number of nitrogens with zero attached hydrogens (tertiary/aromatic N) is 1. The second kappa shape index (κ2) is 8.36. The van der Waals surface area contributed by atoms with Gasteiger partial charge in [-0.1, -0.05) is 53.6 Å². The number of fused-ring (bicyclic) bond motifs is 3. The maximum Gasteiger partial charge on any atom is 0.176 e. The highest BCUT2D eigenvalue weighted by atomic mass is 35.5. The Hall–Kier alpha value is -3.24. The second-order valence-electron chi connectivity index (χ2n) is 8.47. The van der Waals surface area contributed by atoms with Crippen LogP contribution in [0.4, 0.5) is 11.4 Å². The number of methoxy groups -OCH3 is 1. The summed E-state index contributed by atoms with van der Waals surface area (Å²) in [5, 5.41) is 13.9. The molecule has 1 heterocycles. The number of phenols is 1. The Balaban J connectivity index is 1.38. The first-order valence-corrected chi connectivity index (χ1v) is 11.2. The molecule has 2 N–H and O–H groups in total. The molecule has 0 spiro atoms. The largest absolute Gasteiger partial charge is 0.503 e. The van der Waals surface area contributed by atoms with Crippen LogP contribution in [0.15, 0.2) is 71.7 Å². The average molecular weight is 445 g/mol. The van der Waals surface area contributed by atoms with Crippen molar-refractivity contribution in [1.82, 2.24) is 0 Å². The van der Waals surface area contributed by atoms with Crippen molar-refractivity contribution >= 4 is 29.2 Å². The topological polar surface area (TPSA) is 53.8 Å². The molecule has 1 aliphatic carbocycles. The van der Waals surface area contributed by atoms with Gasteiger partial charge < -0.3 is 15.2 Å². The molecule has 0 saturated carbocycles. The van der Waals surface area contributed by atoms with Crippen LogP contribution in [0.2, 0.25) is 5.02 Å². The van der Waals surface area contributed by atoms with Crippen LogP contribution in [0, 0.1) is 12.8 Å². The second-order valence-corrected chi connectivity index (χ2v) is 8.88. The molecule has 0 radical (unpaired) electrons. The molecule has 4 nitrogen and oxygen atoms in total. The lowest BCUT2D eigenvalue weighted by Crippen LogP contribution is -2.29. The summed E-state index contributed by atoms with van der Waals surface area (Å²) < 4.78 is 5.16. The third-order valence-corrected chi connectivity index (χ3v) is 6.69. The number of anilines is 1. The summed E-state index contributed by atoms with van der Waals surface area (Å²) in [5.74, 6) is 1.24. The van der Waals surface area contributed by atoms with Crippen LogP contribution in [0.1, 0.15) is 40.6 Å². The molecule has 5 heteroatoms. The van der Waals surface area contributed by atoms with E-state index in [1.54, 1.807) is 18.3 Å². The summed E-state index contributed by atoms with van der Waals surface area (Å²) >= 11 is 6.07. The molecule has 0 amide bonds. The highest BCUT2D eigenvalue weighted by molar-refractivity contribution is 6.32. The van der Waals surface area contributed by atoms with Crippen LogP contribution in [0.3, 0.4) is 0 Å². The predicted octanol–water partition coefficient (Wildman–Crippen LogP) is 6.94. The normalized spacial score (nSPS) is 21.3. The maximum absolute atomic E-state index is 9.89. The Bertz CT molecular complexity index is 1220. The Labute approximate surface area is 193 Å². The van der Waals surface area contributed by atoms with Gasteiger partial charge in [0.2, 0.25) is 0 Å². The predicted molar refractivity (Wildman–Crippen MR) is 131 cm³/mol. The number of ether oxygens (including phenoxy) is 1. The van der Waals surface area contributed by atoms with E-state index < -0.39 is 0 Å². The van der Waals surface area contributed by atoms with Gasteiger partial charge in [-0.2, -0.15) is 0 Å². The quantitative estimate of drug-likeness (QED) is 0.338. The fourth-order valence-electron chi connectivity index (χ4n) is 4.78. The molecular formula is C27H25ClN2O2. The monoisotopic (exact) mass is 444 g/mol. The van der Waals surface area contributed by atoms with Crippen LogP contribution in [0.5, 0.6) is 11.5 Å². The van der Waals surface area contributed by atoms with Crippen molar-refractivity contribution in [3.63, 3.8) is 0 Å². The SMILES string of the molecule is COc1cc(C=Nc2ccc([C@@H]3Nc4ccc(C)cc4[C@@H]4C=CC[C@H]43)cc2)cc(Cl)c1O. The lowest BCUT2D eigenvalue weighted by molar-refractivity contribution is 0.373. The minimum atomic E-state index is -0.0629. The summed E-state index contributed by atoms with van der Waals surface area (Å²) in [6.45, 7) is 2.15. The fourth-order valence-corrected chi connectivity index (χ4v) is 5.00. The van der Waals surface area contributed by atoms with Gasteiger partial charge in [-0.15, -0.1) is 0 Å². The lowest BCUT2D eigenvalue weighted by Gasteiger charge is -2.37. The van der Waals surface area contributed by atoms with Gasteiger partial charge in [0, 0.05) is 17.8 Å². The molecule has 0 saturated heterocycles. The van der Waals surface area contributed by atoms with Crippen molar-refractivity contribution in [2.45, 2.75) is 25.3 Å². The Morgan fingerprint density at radius 2 is 1.94 bits per heavy atom. The number of hydrogen-bond acceptors (Lipinski definition) is 4. The number of benzene rings is 3. The van der Waals surface area contributed by atoms with Gasteiger partial charge in [0.15, 0.2) is 11.5 Å². The molecule has 162 valence electrons. The van der Waals surface area contributed by atoms with Crippen molar-refractivity contribution in [2.24, 2.45) is 10.9 Å². The summed E-state index contributed by atoms with van der Waals surface area (Å²) in [5.41, 5.74) is 6.82. The first-order valence-electron chi connectivity index (χ1n) is 10.8. The van der Waals surface area contributed by atoms with Crippen molar-refractivity contribution < 1.29 is 9.84 Å². The number of aromatic hydroxyl groups is 1. The molecule has 0 bridgehead atoms. The van der Waals surface area contributed by atoms with E-state index in [0.29, 0.717) is 17.6 Å². The molecule has 0 fully saturated rings. The van der Waals surface area contributed by atoms with E-state index in [-0.39, 0.29) is 16.8 Å². The summed E-state index contributed by atoms with van der Waals surface area (Å²) in [6.07, 6.45) is 7.49. The number of rotatable bonds is 4. The molecule has 3 aromatic carbocycles. The van der Waals surface area contributed by atoms with E-state index >= 15 is 0 Å². The number of nitrogens with one attached hydrogen (secondary N) is 1. The minimum Gasteiger partial charge on any atom is -0.503 e. The Morgan fingerprint density at radius 3 is 2.72 bits per heavy atom. The average Bonchev–Trinajstić information content (AvgIpc) is 3.30. The van der Waals surface area contributed by atoms with Gasteiger partial charge in [-0.3, -0.25) is 4.99 Å². The Morgan fingerprint density at radius 1 is 1.12 bits per heavy atom. The van der Waals surface area contributed by atoms with Crippen LogP contribution >= 0.6 is 11.6 Å². The lowest BCUT2D eigenvalue weighted by atomic mass is 9.76. The van der Waals surface area contributed by atoms with Gasteiger partial charge >= 0.3 is 0 Å². The number of phenolic OH excluding ortho intramolecular Hbond substituents is 1. The molecule has 5 rings (SSSR count). The minimum absolute atomic E-state index is 0.0629. The highest BCUT2D eigenvalue weighted by Gasteiger charge is 2.37. The zero-order valence-corrected chi connectivity index (χ0v) is 18.8. The van der Waals surface area contributed by atoms with Crippen LogP contribution in [-0.2, 0) is 0 Å². The first kappa shape index (κ1) is 20.7. The number of allylic oxidation sites excluding steroid dienone is 2. The van der Waals surface area contributed by atoms with Crippen molar-refractivity contribution in [3.8, 4) is 11.5 Å². The summed E-state index contributed by atoms with van der Waals surface area (Å²) in [4.78, 5) is 4.57. The van der Waals surface area contributed by atoms with Gasteiger partial charge in [0.05, 0.1) is 23.9 Å². The first-order chi connectivity index (χ1) is 15.5. The molecule has 3 atom stereocenters. The van der Waals surface area contributed by atoms with Gasteiger partial charge in [-0.05, 0) is 66.3 Å². The highest BCUT2D eigenvalue weighted by Crippen LogP contribution is 2.50. The number of halogens is 1. The molecular weight excluding hydrogens is 420 g/mol. The van der Waals surface area contributed by atoms with Crippen molar-refractivity contribution in [2.75, 3.05) is 12.4 Å². The molecule has 1 aliphatic heterocycles. The third-order valence-electron chi connectivity index (χ3n) is 6.40. The zero-order chi connectivity index (χ0) is 22.2. The van der Waals surface area contributed by atoms with E-state index in [4.69, 9.17) is 16.3 Å². The third kappa shape index (κ3) is 3.76. The fraction of sp³-hybridized carbons (Fsp3) is 0.222.